The summed E-state index contributed by atoms with van der Waals surface area (Å²) in [6, 6.07) is 16.8. The van der Waals surface area contributed by atoms with Gasteiger partial charge in [0.15, 0.2) is 15.8 Å². The molecule has 1 aromatic heterocycles. The van der Waals surface area contributed by atoms with Crippen LogP contribution in [-0.2, 0) is 11.4 Å². The first kappa shape index (κ1) is 23.5. The summed E-state index contributed by atoms with van der Waals surface area (Å²) in [5, 5.41) is 20.8. The fourth-order valence-corrected chi connectivity index (χ4v) is 5.06. The third-order valence-corrected chi connectivity index (χ3v) is 7.29. The first-order valence-electron chi connectivity index (χ1n) is 11.0. The molecule has 1 unspecified atom stereocenters. The lowest BCUT2D eigenvalue weighted by molar-refractivity contribution is 0.410. The van der Waals surface area contributed by atoms with Gasteiger partial charge in [-0.25, -0.2) is 4.98 Å². The highest BCUT2D eigenvalue weighted by atomic mass is 32.2. The van der Waals surface area contributed by atoms with Crippen molar-refractivity contribution in [2.24, 2.45) is 11.1 Å². The van der Waals surface area contributed by atoms with E-state index in [2.05, 4.69) is 10.3 Å². The quantitative estimate of drug-likeness (QED) is 0.212. The van der Waals surface area contributed by atoms with Crippen LogP contribution in [-0.4, -0.2) is 15.2 Å². The molecule has 33 heavy (non-hydrogen) atoms. The minimum atomic E-state index is -1.55. The van der Waals surface area contributed by atoms with E-state index in [4.69, 9.17) is 15.3 Å². The number of aryl methyl sites for hydroxylation is 1. The number of aromatic nitrogens is 1. The summed E-state index contributed by atoms with van der Waals surface area (Å²) in [5.41, 5.74) is 3.05. The van der Waals surface area contributed by atoms with Crippen LogP contribution in [0.2, 0.25) is 0 Å². The van der Waals surface area contributed by atoms with E-state index in [1.54, 1.807) is 24.3 Å². The molecule has 0 amide bonds. The number of hydrogen-bond acceptors (Lipinski definition) is 7. The normalized spacial score (nSPS) is 16.1. The smallest absolute Gasteiger partial charge is 0.187 e. The molecule has 0 saturated heterocycles. The van der Waals surface area contributed by atoms with Crippen LogP contribution < -0.4 is 15.2 Å². The largest absolute Gasteiger partial charge is 0.593 e. The molecule has 1 heterocycles. The van der Waals surface area contributed by atoms with Crippen LogP contribution in [0.5, 0.6) is 5.75 Å². The Morgan fingerprint density at radius 2 is 1.82 bits per heavy atom. The summed E-state index contributed by atoms with van der Waals surface area (Å²) in [5.74, 6) is 1.19. The van der Waals surface area contributed by atoms with E-state index in [-0.39, 0.29) is 5.92 Å². The Morgan fingerprint density at radius 1 is 1.12 bits per heavy atom. The van der Waals surface area contributed by atoms with Crippen molar-refractivity contribution in [1.29, 1.82) is 5.41 Å². The minimum absolute atomic E-state index is 0.142. The Bertz CT molecular complexity index is 1100. The molecule has 4 rings (SSSR count). The topological polar surface area (TPSA) is 107 Å². The second-order valence-electron chi connectivity index (χ2n) is 8.11. The van der Waals surface area contributed by atoms with Gasteiger partial charge in [0.2, 0.25) is 0 Å². The second kappa shape index (κ2) is 11.0. The van der Waals surface area contributed by atoms with Gasteiger partial charge in [0.1, 0.15) is 5.75 Å². The van der Waals surface area contributed by atoms with Gasteiger partial charge in [-0.05, 0) is 44.0 Å². The molecule has 8 heteroatoms. The van der Waals surface area contributed by atoms with E-state index in [1.165, 1.54) is 17.8 Å². The van der Waals surface area contributed by atoms with Crippen molar-refractivity contribution in [2.75, 3.05) is 5.32 Å². The third kappa shape index (κ3) is 6.03. The molecule has 0 aliphatic heterocycles. The van der Waals surface area contributed by atoms with Gasteiger partial charge < -0.3 is 20.0 Å². The van der Waals surface area contributed by atoms with E-state index in [0.717, 1.165) is 42.1 Å². The second-order valence-corrected chi connectivity index (χ2v) is 10.0. The molecule has 0 bridgehead atoms. The SMILES string of the molecule is Cc1csc(N/C(=C(/Oc2ccc([S+](N)[O-])cc2)C(=N)C2CCCCC2)c2ccccc2)n1. The molecule has 2 aromatic carbocycles. The maximum atomic E-state index is 11.6. The van der Waals surface area contributed by atoms with Crippen LogP contribution in [0.1, 0.15) is 43.4 Å². The van der Waals surface area contributed by atoms with Crippen LogP contribution in [0.25, 0.3) is 5.70 Å². The Kier molecular flexibility index (Phi) is 7.82. The van der Waals surface area contributed by atoms with E-state index in [1.807, 2.05) is 42.6 Å². The molecule has 0 spiro atoms. The van der Waals surface area contributed by atoms with E-state index in [0.29, 0.717) is 27.8 Å². The van der Waals surface area contributed by atoms with Crippen LogP contribution in [0.15, 0.2) is 70.6 Å². The average molecular weight is 481 g/mol. The highest BCUT2D eigenvalue weighted by Gasteiger charge is 2.26. The van der Waals surface area contributed by atoms with Crippen LogP contribution in [0, 0.1) is 18.3 Å². The van der Waals surface area contributed by atoms with Gasteiger partial charge in [-0.15, -0.1) is 16.5 Å². The van der Waals surface area contributed by atoms with Crippen LogP contribution in [0.3, 0.4) is 0 Å². The summed E-state index contributed by atoms with van der Waals surface area (Å²) < 4.78 is 18.0. The number of ether oxygens (including phenoxy) is 1. The number of nitrogens with two attached hydrogens (primary N) is 1. The number of rotatable bonds is 8. The monoisotopic (exact) mass is 480 g/mol. The molecule has 1 fully saturated rings. The molecule has 1 atom stereocenters. The maximum absolute atomic E-state index is 11.6. The van der Waals surface area contributed by atoms with Gasteiger partial charge in [-0.1, -0.05) is 49.6 Å². The number of nitrogens with zero attached hydrogens (tertiary/aromatic N) is 1. The Morgan fingerprint density at radius 3 is 2.42 bits per heavy atom. The molecule has 1 saturated carbocycles. The molecular weight excluding hydrogens is 452 g/mol. The lowest BCUT2D eigenvalue weighted by Crippen LogP contribution is -2.24. The Hall–Kier alpha value is -2.65. The zero-order valence-electron chi connectivity index (χ0n) is 18.5. The van der Waals surface area contributed by atoms with Gasteiger partial charge in [-0.2, -0.15) is 0 Å². The van der Waals surface area contributed by atoms with Crippen LogP contribution in [0.4, 0.5) is 5.13 Å². The first-order valence-corrected chi connectivity index (χ1v) is 13.1. The van der Waals surface area contributed by atoms with Crippen molar-refractivity contribution in [2.45, 2.75) is 43.9 Å². The Labute approximate surface area is 201 Å². The van der Waals surface area contributed by atoms with Crippen molar-refractivity contribution in [3.63, 3.8) is 0 Å². The summed E-state index contributed by atoms with van der Waals surface area (Å²) in [4.78, 5) is 5.09. The molecule has 172 valence electrons. The fraction of sp³-hybridized carbons (Fsp3) is 0.280. The highest BCUT2D eigenvalue weighted by Crippen LogP contribution is 2.32. The van der Waals surface area contributed by atoms with Gasteiger partial charge >= 0.3 is 0 Å². The molecule has 4 N–H and O–H groups in total. The van der Waals surface area contributed by atoms with E-state index < -0.39 is 11.4 Å². The molecule has 1 aliphatic carbocycles. The van der Waals surface area contributed by atoms with Crippen molar-refractivity contribution < 1.29 is 9.29 Å². The lowest BCUT2D eigenvalue weighted by Gasteiger charge is -2.26. The van der Waals surface area contributed by atoms with E-state index >= 15 is 0 Å². The first-order chi connectivity index (χ1) is 16.0. The van der Waals surface area contributed by atoms with Crippen LogP contribution >= 0.6 is 11.3 Å². The number of thiazole rings is 1. The summed E-state index contributed by atoms with van der Waals surface area (Å²) in [6.07, 6.45) is 5.42. The van der Waals surface area contributed by atoms with Crippen molar-refractivity contribution in [3.05, 3.63) is 77.0 Å². The predicted molar refractivity (Wildman–Crippen MR) is 136 cm³/mol. The average Bonchev–Trinajstić information content (AvgIpc) is 3.27. The van der Waals surface area contributed by atoms with Gasteiger partial charge in [0.05, 0.1) is 28.5 Å². The third-order valence-electron chi connectivity index (χ3n) is 5.67. The summed E-state index contributed by atoms with van der Waals surface area (Å²) >= 11 is -0.0357. The zero-order valence-corrected chi connectivity index (χ0v) is 20.2. The Balaban J connectivity index is 1.79. The highest BCUT2D eigenvalue weighted by molar-refractivity contribution is 7.89. The molecular formula is C25H28N4O2S2. The van der Waals surface area contributed by atoms with Gasteiger partial charge in [-0.3, -0.25) is 0 Å². The number of allylic oxidation sites excluding steroid dienone is 1. The lowest BCUT2D eigenvalue weighted by atomic mass is 9.84. The molecule has 1 aliphatic rings. The number of anilines is 1. The summed E-state index contributed by atoms with van der Waals surface area (Å²) in [7, 11) is 0. The molecule has 0 radical (unpaired) electrons. The number of nitrogens with one attached hydrogen (secondary N) is 2. The van der Waals surface area contributed by atoms with Crippen molar-refractivity contribution >= 4 is 39.2 Å². The van der Waals surface area contributed by atoms with Crippen molar-refractivity contribution in [3.8, 4) is 5.75 Å². The summed E-state index contributed by atoms with van der Waals surface area (Å²) in [6.45, 7) is 1.96. The molecule has 3 aromatic rings. The van der Waals surface area contributed by atoms with Crippen molar-refractivity contribution in [1.82, 2.24) is 4.98 Å². The fourth-order valence-electron chi connectivity index (χ4n) is 3.96. The molecule has 6 nitrogen and oxygen atoms in total. The van der Waals surface area contributed by atoms with Gasteiger partial charge in [0.25, 0.3) is 0 Å². The van der Waals surface area contributed by atoms with Gasteiger partial charge in [0, 0.05) is 16.9 Å². The minimum Gasteiger partial charge on any atom is -0.593 e. The number of benzene rings is 2. The zero-order chi connectivity index (χ0) is 23.2. The van der Waals surface area contributed by atoms with E-state index in [9.17, 15) is 4.55 Å². The number of hydrogen-bond donors (Lipinski definition) is 3. The predicted octanol–water partition coefficient (Wildman–Crippen LogP) is 5.89. The maximum Gasteiger partial charge on any atom is 0.187 e. The standard InChI is InChI=1S/C25H28N4O2S2/c1-17-16-32-25(28-17)29-23(19-10-6-3-7-11-19)24(22(26)18-8-4-2-5-9-18)31-20-12-14-21(15-13-20)33(27)30/h3,6-7,10-16,18,26H,2,4-5,8-9,27H2,1H3,(H,28,29)/b24-23+,26-22?.